The number of allylic oxidation sites excluding steroid dienone is 2. The van der Waals surface area contributed by atoms with Crippen molar-refractivity contribution in [3.63, 3.8) is 0 Å². The molecule has 4 rings (SSSR count). The van der Waals surface area contributed by atoms with E-state index in [0.29, 0.717) is 31.3 Å². The predicted molar refractivity (Wildman–Crippen MR) is 128 cm³/mol. The Labute approximate surface area is 208 Å². The van der Waals surface area contributed by atoms with Gasteiger partial charge in [-0.1, -0.05) is 32.4 Å². The second-order valence-corrected chi connectivity index (χ2v) is 12.5. The lowest BCUT2D eigenvalue weighted by Crippen LogP contribution is -2.70. The number of hydrogen-bond donors (Lipinski definition) is 1. The maximum absolute atomic E-state index is 14.1. The second-order valence-electron chi connectivity index (χ2n) is 12.5. The number of hydrogen-bond acceptors (Lipinski definition) is 7. The molecule has 0 aromatic heterocycles. The quantitative estimate of drug-likeness (QED) is 0.367. The number of fused-ring (bicyclic) bond motifs is 5. The van der Waals surface area contributed by atoms with Crippen LogP contribution in [-0.2, 0) is 28.7 Å². The second kappa shape index (κ2) is 7.74. The van der Waals surface area contributed by atoms with Gasteiger partial charge in [-0.3, -0.25) is 19.2 Å². The molecule has 0 heterocycles. The molecule has 0 aliphatic heterocycles. The summed E-state index contributed by atoms with van der Waals surface area (Å²) >= 11 is 0. The van der Waals surface area contributed by atoms with Gasteiger partial charge in [0, 0.05) is 24.4 Å². The highest BCUT2D eigenvalue weighted by molar-refractivity contribution is 6.25. The average molecular weight is 489 g/mol. The fourth-order valence-electron chi connectivity index (χ4n) is 9.40. The summed E-state index contributed by atoms with van der Waals surface area (Å²) in [5, 5.41) is 11.1. The molecule has 0 amide bonds. The molecular formula is C28H40O7. The van der Waals surface area contributed by atoms with Gasteiger partial charge in [-0.05, 0) is 63.7 Å². The summed E-state index contributed by atoms with van der Waals surface area (Å²) in [4.78, 5) is 53.3. The van der Waals surface area contributed by atoms with Crippen LogP contribution in [0.5, 0.6) is 0 Å². The lowest BCUT2D eigenvalue weighted by molar-refractivity contribution is -0.229. The first-order valence-electron chi connectivity index (χ1n) is 12.8. The van der Waals surface area contributed by atoms with Crippen molar-refractivity contribution in [3.8, 4) is 0 Å². The molecule has 8 atom stereocenters. The van der Waals surface area contributed by atoms with Crippen LogP contribution >= 0.6 is 0 Å². The number of methoxy groups -OCH3 is 1. The molecule has 3 fully saturated rings. The topological polar surface area (TPSA) is 107 Å². The molecule has 8 unspecified atom stereocenters. The molecule has 3 saturated carbocycles. The third-order valence-corrected chi connectivity index (χ3v) is 11.1. The van der Waals surface area contributed by atoms with Crippen molar-refractivity contribution in [2.45, 2.75) is 80.3 Å². The van der Waals surface area contributed by atoms with Gasteiger partial charge >= 0.3 is 11.9 Å². The fraction of sp³-hybridized carbons (Fsp3) is 0.786. The Bertz CT molecular complexity index is 1030. The highest BCUT2D eigenvalue weighted by atomic mass is 16.5. The van der Waals surface area contributed by atoms with Crippen LogP contribution in [0.25, 0.3) is 0 Å². The Morgan fingerprint density at radius 3 is 2.26 bits per heavy atom. The number of carbonyl (C=O) groups excluding carboxylic acids is 4. The lowest BCUT2D eigenvalue weighted by Gasteiger charge is -2.69. The van der Waals surface area contributed by atoms with E-state index in [4.69, 9.17) is 9.47 Å². The van der Waals surface area contributed by atoms with Crippen LogP contribution in [0.15, 0.2) is 11.6 Å². The number of esters is 2. The first-order chi connectivity index (χ1) is 16.1. The van der Waals surface area contributed by atoms with Gasteiger partial charge in [0.15, 0.2) is 11.6 Å². The van der Waals surface area contributed by atoms with Gasteiger partial charge in [0.25, 0.3) is 0 Å². The van der Waals surface area contributed by atoms with Crippen molar-refractivity contribution in [2.75, 3.05) is 13.7 Å². The minimum Gasteiger partial charge on any atom is -0.468 e. The van der Waals surface area contributed by atoms with E-state index in [1.807, 2.05) is 13.8 Å². The molecule has 7 nitrogen and oxygen atoms in total. The Morgan fingerprint density at radius 2 is 1.71 bits per heavy atom. The monoisotopic (exact) mass is 488 g/mol. The van der Waals surface area contributed by atoms with Crippen LogP contribution < -0.4 is 0 Å². The summed E-state index contributed by atoms with van der Waals surface area (Å²) in [7, 11) is 1.28. The predicted octanol–water partition coefficient (Wildman–Crippen LogP) is 3.66. The highest BCUT2D eigenvalue weighted by Gasteiger charge is 2.82. The summed E-state index contributed by atoms with van der Waals surface area (Å²) in [6.45, 7) is 12.6. The molecule has 0 radical (unpaired) electrons. The van der Waals surface area contributed by atoms with E-state index >= 15 is 0 Å². The molecular weight excluding hydrogens is 448 g/mol. The maximum atomic E-state index is 14.1. The van der Waals surface area contributed by atoms with Gasteiger partial charge in [0.1, 0.15) is 11.5 Å². The van der Waals surface area contributed by atoms with Crippen LogP contribution in [0.4, 0.5) is 0 Å². The molecule has 0 aromatic carbocycles. The zero-order valence-electron chi connectivity index (χ0n) is 22.3. The van der Waals surface area contributed by atoms with Crippen LogP contribution in [-0.4, -0.2) is 48.4 Å². The minimum absolute atomic E-state index is 0.0103. The Hall–Kier alpha value is -2.02. The Kier molecular flexibility index (Phi) is 5.76. The number of ether oxygens (including phenoxy) is 2. The smallest absolute Gasteiger partial charge is 0.321 e. The first-order valence-corrected chi connectivity index (χ1v) is 12.8. The normalized spacial score (nSPS) is 46.1. The van der Waals surface area contributed by atoms with Gasteiger partial charge in [0.2, 0.25) is 0 Å². The van der Waals surface area contributed by atoms with E-state index in [2.05, 4.69) is 19.9 Å². The Morgan fingerprint density at radius 1 is 1.09 bits per heavy atom. The van der Waals surface area contributed by atoms with Gasteiger partial charge in [-0.15, -0.1) is 0 Å². The van der Waals surface area contributed by atoms with Crippen LogP contribution in [0.2, 0.25) is 0 Å². The van der Waals surface area contributed by atoms with E-state index in [-0.39, 0.29) is 42.1 Å². The molecule has 194 valence electrons. The molecule has 0 aromatic rings. The first kappa shape index (κ1) is 26.1. The van der Waals surface area contributed by atoms with Crippen molar-refractivity contribution in [2.24, 2.45) is 44.8 Å². The van der Waals surface area contributed by atoms with Crippen molar-refractivity contribution in [1.82, 2.24) is 0 Å². The highest BCUT2D eigenvalue weighted by Crippen LogP contribution is 2.76. The summed E-state index contributed by atoms with van der Waals surface area (Å²) in [6.07, 6.45) is 4.11. The molecule has 1 N–H and O–H groups in total. The summed E-state index contributed by atoms with van der Waals surface area (Å²) in [5.74, 6) is -2.82. The van der Waals surface area contributed by atoms with Crippen molar-refractivity contribution in [3.05, 3.63) is 11.6 Å². The number of ketones is 2. The van der Waals surface area contributed by atoms with Gasteiger partial charge in [-0.2, -0.15) is 0 Å². The number of Topliss-reactive ketones (excluding diaryl/α,β-unsaturated/α-hetero) is 2. The Balaban J connectivity index is 1.98. The number of aliphatic hydroxyl groups excluding tert-OH is 1. The van der Waals surface area contributed by atoms with Crippen molar-refractivity contribution >= 4 is 23.5 Å². The fourth-order valence-corrected chi connectivity index (χ4v) is 9.40. The minimum atomic E-state index is -1.65. The van der Waals surface area contributed by atoms with E-state index < -0.39 is 39.0 Å². The van der Waals surface area contributed by atoms with Crippen LogP contribution in [0, 0.1) is 44.8 Å². The molecule has 0 spiro atoms. The number of rotatable bonds is 3. The molecule has 7 heteroatoms. The molecule has 4 aliphatic carbocycles. The SMILES string of the molecule is COC(=O)C12C(=O)C(C)C(=O)C1(C)C(C)=CC1C3(CO)CCC(OC(C)=O)C(C)(C)C3CCC12C. The zero-order valence-corrected chi connectivity index (χ0v) is 22.3. The summed E-state index contributed by atoms with van der Waals surface area (Å²) in [5.41, 5.74) is -4.23. The van der Waals surface area contributed by atoms with Gasteiger partial charge in [0.05, 0.1) is 18.4 Å². The third-order valence-electron chi connectivity index (χ3n) is 11.1. The van der Waals surface area contributed by atoms with Gasteiger partial charge in [-0.25, -0.2) is 0 Å². The van der Waals surface area contributed by atoms with E-state index in [0.717, 1.165) is 0 Å². The maximum Gasteiger partial charge on any atom is 0.321 e. The lowest BCUT2D eigenvalue weighted by atomic mass is 9.33. The third kappa shape index (κ3) is 2.71. The molecule has 0 saturated heterocycles. The number of carbonyl (C=O) groups is 4. The van der Waals surface area contributed by atoms with E-state index in [1.54, 1.807) is 13.8 Å². The number of aliphatic hydroxyl groups is 1. The largest absolute Gasteiger partial charge is 0.468 e. The molecule has 35 heavy (non-hydrogen) atoms. The average Bonchev–Trinajstić information content (AvgIpc) is 2.95. The van der Waals surface area contributed by atoms with Crippen LogP contribution in [0.3, 0.4) is 0 Å². The van der Waals surface area contributed by atoms with Crippen molar-refractivity contribution in [1.29, 1.82) is 0 Å². The van der Waals surface area contributed by atoms with E-state index in [9.17, 15) is 24.3 Å². The van der Waals surface area contributed by atoms with Crippen LogP contribution in [0.1, 0.15) is 74.1 Å². The summed E-state index contributed by atoms with van der Waals surface area (Å²) < 4.78 is 11.1. The van der Waals surface area contributed by atoms with Crippen molar-refractivity contribution < 1.29 is 33.8 Å². The standard InChI is InChI=1S/C28H40O7/c1-15-13-19-25(6,28(23(33)34-8)22(32)16(2)21(31)26(15,28)7)11-9-18-24(4,5)20(35-17(3)30)10-12-27(18,19)14-29/h13,16,18-20,29H,9-12,14H2,1-8H3. The van der Waals surface area contributed by atoms with Gasteiger partial charge < -0.3 is 14.6 Å². The summed E-state index contributed by atoms with van der Waals surface area (Å²) in [6, 6.07) is 0. The zero-order chi connectivity index (χ0) is 26.4. The molecule has 4 aliphatic rings. The van der Waals surface area contributed by atoms with E-state index in [1.165, 1.54) is 14.0 Å². The molecule has 0 bridgehead atoms.